The molecule has 0 saturated carbocycles. The Labute approximate surface area is 114 Å². The molecule has 0 spiro atoms. The number of hydrogen-bond acceptors (Lipinski definition) is 1. The number of alkyl halides is 3. The van der Waals surface area contributed by atoms with Gasteiger partial charge in [0.2, 0.25) is 0 Å². The lowest BCUT2D eigenvalue weighted by atomic mass is 9.97. The minimum absolute atomic E-state index is 0.356. The predicted molar refractivity (Wildman–Crippen MR) is 70.1 cm³/mol. The lowest BCUT2D eigenvalue weighted by Gasteiger charge is -2.16. The van der Waals surface area contributed by atoms with Crippen molar-refractivity contribution in [3.63, 3.8) is 0 Å². The summed E-state index contributed by atoms with van der Waals surface area (Å²) < 4.78 is 38.4. The van der Waals surface area contributed by atoms with Crippen LogP contribution >= 0.6 is 15.9 Å². The second kappa shape index (κ2) is 6.06. The second-order valence-corrected chi connectivity index (χ2v) is 5.76. The molecule has 0 bridgehead atoms. The highest BCUT2D eigenvalue weighted by atomic mass is 79.9. The number of nitrogens with two attached hydrogens (primary N) is 1. The zero-order chi connectivity index (χ0) is 13.9. The van der Waals surface area contributed by atoms with E-state index in [9.17, 15) is 13.2 Å². The van der Waals surface area contributed by atoms with Gasteiger partial charge in [-0.3, -0.25) is 0 Å². The van der Waals surface area contributed by atoms with E-state index in [2.05, 4.69) is 29.8 Å². The Morgan fingerprint density at radius 1 is 1.17 bits per heavy atom. The fraction of sp³-hybridized carbons (Fsp3) is 0.538. The molecule has 0 aliphatic carbocycles. The zero-order valence-electron chi connectivity index (χ0n) is 10.4. The van der Waals surface area contributed by atoms with Gasteiger partial charge in [-0.05, 0) is 42.5 Å². The highest BCUT2D eigenvalue weighted by Crippen LogP contribution is 2.33. The molecule has 0 aromatic heterocycles. The van der Waals surface area contributed by atoms with Crippen LogP contribution < -0.4 is 5.73 Å². The van der Waals surface area contributed by atoms with Gasteiger partial charge in [-0.2, -0.15) is 13.2 Å². The molecule has 0 unspecified atom stereocenters. The van der Waals surface area contributed by atoms with E-state index in [4.69, 9.17) is 5.73 Å². The standard InChI is InChI=1S/C13H17BrF3N/c1-8(2)3-4-12(18)9-5-10(13(15,16)17)7-11(14)6-9/h5-8,12H,3-4,18H2,1-2H3/t12-/m1/s1. The van der Waals surface area contributed by atoms with Crippen LogP contribution in [0.15, 0.2) is 22.7 Å². The molecule has 5 heteroatoms. The third-order valence-electron chi connectivity index (χ3n) is 2.73. The van der Waals surface area contributed by atoms with Crippen molar-refractivity contribution in [1.82, 2.24) is 0 Å². The van der Waals surface area contributed by atoms with E-state index in [1.54, 1.807) is 6.07 Å². The van der Waals surface area contributed by atoms with Gasteiger partial charge in [0.25, 0.3) is 0 Å². The summed E-state index contributed by atoms with van der Waals surface area (Å²) in [7, 11) is 0. The fourth-order valence-electron chi connectivity index (χ4n) is 1.67. The average Bonchev–Trinajstić information content (AvgIpc) is 2.23. The van der Waals surface area contributed by atoms with Crippen molar-refractivity contribution in [2.24, 2.45) is 11.7 Å². The molecule has 0 saturated heterocycles. The molecule has 2 N–H and O–H groups in total. The first-order valence-corrected chi connectivity index (χ1v) is 6.62. The summed E-state index contributed by atoms with van der Waals surface area (Å²) in [4.78, 5) is 0. The minimum atomic E-state index is -4.34. The maximum absolute atomic E-state index is 12.7. The third-order valence-corrected chi connectivity index (χ3v) is 3.19. The van der Waals surface area contributed by atoms with Crippen molar-refractivity contribution < 1.29 is 13.2 Å². The molecule has 1 rings (SSSR count). The lowest BCUT2D eigenvalue weighted by molar-refractivity contribution is -0.137. The topological polar surface area (TPSA) is 26.0 Å². The SMILES string of the molecule is CC(C)CC[C@@H](N)c1cc(Br)cc(C(F)(F)F)c1. The van der Waals surface area contributed by atoms with Gasteiger partial charge in [0.1, 0.15) is 0 Å². The molecule has 0 heterocycles. The van der Waals surface area contributed by atoms with Crippen LogP contribution in [0.3, 0.4) is 0 Å². The number of rotatable bonds is 4. The van der Waals surface area contributed by atoms with Crippen molar-refractivity contribution in [3.05, 3.63) is 33.8 Å². The van der Waals surface area contributed by atoms with E-state index in [0.717, 1.165) is 18.6 Å². The molecular formula is C13H17BrF3N. The summed E-state index contributed by atoms with van der Waals surface area (Å²) in [5.74, 6) is 0.491. The smallest absolute Gasteiger partial charge is 0.324 e. The molecule has 1 atom stereocenters. The van der Waals surface area contributed by atoms with Crippen LogP contribution in [0.1, 0.15) is 43.9 Å². The maximum atomic E-state index is 12.7. The summed E-state index contributed by atoms with van der Waals surface area (Å²) in [5.41, 5.74) is 5.80. The Balaban J connectivity index is 2.92. The molecule has 102 valence electrons. The van der Waals surface area contributed by atoms with Gasteiger partial charge in [-0.15, -0.1) is 0 Å². The van der Waals surface area contributed by atoms with Crippen LogP contribution in [0, 0.1) is 5.92 Å². The summed E-state index contributed by atoms with van der Waals surface area (Å²) in [5, 5.41) is 0. The highest BCUT2D eigenvalue weighted by Gasteiger charge is 2.31. The number of benzene rings is 1. The van der Waals surface area contributed by atoms with E-state index in [-0.39, 0.29) is 6.04 Å². The summed E-state index contributed by atoms with van der Waals surface area (Å²) in [6.07, 6.45) is -2.75. The zero-order valence-corrected chi connectivity index (χ0v) is 12.0. The lowest BCUT2D eigenvalue weighted by Crippen LogP contribution is -2.13. The first kappa shape index (κ1) is 15.5. The van der Waals surface area contributed by atoms with Crippen molar-refractivity contribution in [2.75, 3.05) is 0 Å². The minimum Gasteiger partial charge on any atom is -0.324 e. The van der Waals surface area contributed by atoms with Crippen molar-refractivity contribution in [2.45, 2.75) is 38.9 Å². The van der Waals surface area contributed by atoms with Crippen molar-refractivity contribution in [1.29, 1.82) is 0 Å². The van der Waals surface area contributed by atoms with Gasteiger partial charge < -0.3 is 5.73 Å². The molecule has 0 amide bonds. The van der Waals surface area contributed by atoms with Gasteiger partial charge in [0.05, 0.1) is 5.56 Å². The van der Waals surface area contributed by atoms with Gasteiger partial charge in [-0.1, -0.05) is 29.8 Å². The fourth-order valence-corrected chi connectivity index (χ4v) is 2.18. The Morgan fingerprint density at radius 3 is 2.28 bits per heavy atom. The molecule has 0 aliphatic rings. The van der Waals surface area contributed by atoms with Crippen LogP contribution in [0.25, 0.3) is 0 Å². The molecule has 1 aromatic carbocycles. The van der Waals surface area contributed by atoms with E-state index in [1.165, 1.54) is 0 Å². The highest BCUT2D eigenvalue weighted by molar-refractivity contribution is 9.10. The van der Waals surface area contributed by atoms with E-state index >= 15 is 0 Å². The first-order valence-electron chi connectivity index (χ1n) is 5.83. The Kier molecular flexibility index (Phi) is 5.22. The van der Waals surface area contributed by atoms with Gasteiger partial charge >= 0.3 is 6.18 Å². The van der Waals surface area contributed by atoms with Gasteiger partial charge in [0, 0.05) is 10.5 Å². The van der Waals surface area contributed by atoms with Crippen LogP contribution in [0.4, 0.5) is 13.2 Å². The van der Waals surface area contributed by atoms with E-state index in [1.807, 2.05) is 0 Å². The van der Waals surface area contributed by atoms with E-state index in [0.29, 0.717) is 22.4 Å². The summed E-state index contributed by atoms with van der Waals surface area (Å²) in [6, 6.07) is 3.50. The quantitative estimate of drug-likeness (QED) is 0.837. The number of hydrogen-bond donors (Lipinski definition) is 1. The maximum Gasteiger partial charge on any atom is 0.416 e. The molecule has 0 radical (unpaired) electrons. The summed E-state index contributed by atoms with van der Waals surface area (Å²) >= 11 is 3.10. The Bertz CT molecular complexity index is 402. The van der Waals surface area contributed by atoms with Crippen molar-refractivity contribution >= 4 is 15.9 Å². The first-order chi connectivity index (χ1) is 8.20. The second-order valence-electron chi connectivity index (χ2n) is 4.85. The summed E-state index contributed by atoms with van der Waals surface area (Å²) in [6.45, 7) is 4.13. The molecule has 1 nitrogen and oxygen atoms in total. The molecule has 1 aromatic rings. The van der Waals surface area contributed by atoms with Crippen LogP contribution in [-0.2, 0) is 6.18 Å². The molecule has 18 heavy (non-hydrogen) atoms. The van der Waals surface area contributed by atoms with Crippen LogP contribution in [0.5, 0.6) is 0 Å². The Hall–Kier alpha value is -0.550. The molecule has 0 aliphatic heterocycles. The molecule has 0 fully saturated rings. The largest absolute Gasteiger partial charge is 0.416 e. The average molecular weight is 324 g/mol. The normalized spacial score (nSPS) is 14.0. The van der Waals surface area contributed by atoms with Gasteiger partial charge in [0.15, 0.2) is 0 Å². The number of halogens is 4. The Morgan fingerprint density at radius 2 is 1.78 bits per heavy atom. The van der Waals surface area contributed by atoms with Crippen LogP contribution in [0.2, 0.25) is 0 Å². The van der Waals surface area contributed by atoms with E-state index < -0.39 is 11.7 Å². The van der Waals surface area contributed by atoms with Crippen molar-refractivity contribution in [3.8, 4) is 0 Å². The monoisotopic (exact) mass is 323 g/mol. The third kappa shape index (κ3) is 4.61. The van der Waals surface area contributed by atoms with Crippen LogP contribution in [-0.4, -0.2) is 0 Å². The van der Waals surface area contributed by atoms with Gasteiger partial charge in [-0.25, -0.2) is 0 Å². The predicted octanol–water partition coefficient (Wildman–Crippen LogP) is 4.90. The molecular weight excluding hydrogens is 307 g/mol.